The average molecular weight is 651 g/mol. The summed E-state index contributed by atoms with van der Waals surface area (Å²) in [6.45, 7) is 0. The SMILES string of the molecule is c1cc(-c2ccccc2-n2c3ccccc3c3ccccc32)cc(-n2c3ccccc3c3cc(-n4c5ccccc5c5cnccc54)ccc32)c1. The molecule has 4 nitrogen and oxygen atoms in total. The molecule has 0 saturated heterocycles. The number of para-hydroxylation sites is 5. The summed E-state index contributed by atoms with van der Waals surface area (Å²) in [6.07, 6.45) is 3.86. The zero-order valence-corrected chi connectivity index (χ0v) is 27.6. The molecule has 0 radical (unpaired) electrons. The predicted octanol–water partition coefficient (Wildman–Crippen LogP) is 12.0. The van der Waals surface area contributed by atoms with Crippen LogP contribution in [0.2, 0.25) is 0 Å². The number of nitrogens with zero attached hydrogens (tertiary/aromatic N) is 4. The lowest BCUT2D eigenvalue weighted by Gasteiger charge is -2.15. The maximum atomic E-state index is 4.46. The third-order valence-electron chi connectivity index (χ3n) is 10.5. The number of rotatable bonds is 4. The van der Waals surface area contributed by atoms with Crippen LogP contribution in [0.5, 0.6) is 0 Å². The van der Waals surface area contributed by atoms with Gasteiger partial charge >= 0.3 is 0 Å². The molecule has 4 heteroatoms. The van der Waals surface area contributed by atoms with Gasteiger partial charge in [0, 0.05) is 61.6 Å². The van der Waals surface area contributed by atoms with Crippen molar-refractivity contribution >= 4 is 65.4 Å². The van der Waals surface area contributed by atoms with Gasteiger partial charge in [-0.2, -0.15) is 0 Å². The number of benzene rings is 7. The van der Waals surface area contributed by atoms with Gasteiger partial charge in [0.2, 0.25) is 0 Å². The van der Waals surface area contributed by atoms with Gasteiger partial charge in [0.05, 0.1) is 38.8 Å². The van der Waals surface area contributed by atoms with Crippen LogP contribution < -0.4 is 0 Å². The normalized spacial score (nSPS) is 11.9. The van der Waals surface area contributed by atoms with Crippen molar-refractivity contribution in [2.45, 2.75) is 0 Å². The summed E-state index contributed by atoms with van der Waals surface area (Å²) in [5, 5.41) is 7.35. The van der Waals surface area contributed by atoms with E-state index in [4.69, 9.17) is 0 Å². The van der Waals surface area contributed by atoms with Gasteiger partial charge in [-0.3, -0.25) is 4.98 Å². The lowest BCUT2D eigenvalue weighted by atomic mass is 10.0. The summed E-state index contributed by atoms with van der Waals surface area (Å²) in [6, 6.07) is 61.6. The van der Waals surface area contributed by atoms with E-state index in [0.717, 1.165) is 22.3 Å². The molecular weight excluding hydrogens is 621 g/mol. The summed E-state index contributed by atoms with van der Waals surface area (Å²) < 4.78 is 7.19. The Labute approximate surface area is 293 Å². The van der Waals surface area contributed by atoms with Crippen molar-refractivity contribution in [1.29, 1.82) is 0 Å². The lowest BCUT2D eigenvalue weighted by molar-refractivity contribution is 1.16. The van der Waals surface area contributed by atoms with Crippen molar-refractivity contribution in [3.63, 3.8) is 0 Å². The van der Waals surface area contributed by atoms with E-state index in [-0.39, 0.29) is 0 Å². The fourth-order valence-corrected chi connectivity index (χ4v) is 8.38. The molecule has 4 aromatic heterocycles. The zero-order valence-electron chi connectivity index (χ0n) is 27.6. The number of hydrogen-bond donors (Lipinski definition) is 0. The van der Waals surface area contributed by atoms with Crippen LogP contribution in [0.25, 0.3) is 93.6 Å². The minimum absolute atomic E-state index is 1.13. The fraction of sp³-hybridized carbons (Fsp3) is 0. The quantitative estimate of drug-likeness (QED) is 0.186. The Morgan fingerprint density at radius 3 is 1.53 bits per heavy atom. The first kappa shape index (κ1) is 28.0. The highest BCUT2D eigenvalue weighted by atomic mass is 15.0. The van der Waals surface area contributed by atoms with E-state index in [1.54, 1.807) is 0 Å². The molecule has 11 rings (SSSR count). The third kappa shape index (κ3) is 4.05. The van der Waals surface area contributed by atoms with E-state index in [2.05, 4.69) is 189 Å². The number of pyridine rings is 1. The second kappa shape index (κ2) is 10.8. The molecule has 0 saturated carbocycles. The predicted molar refractivity (Wildman–Crippen MR) is 213 cm³/mol. The molecule has 11 aromatic rings. The molecule has 0 spiro atoms. The highest BCUT2D eigenvalue weighted by molar-refractivity contribution is 6.12. The largest absolute Gasteiger partial charge is 0.309 e. The van der Waals surface area contributed by atoms with Gasteiger partial charge in [-0.25, -0.2) is 0 Å². The van der Waals surface area contributed by atoms with Crippen LogP contribution in [0.1, 0.15) is 0 Å². The first-order chi connectivity index (χ1) is 25.3. The van der Waals surface area contributed by atoms with Crippen molar-refractivity contribution in [2.75, 3.05) is 0 Å². The molecule has 4 heterocycles. The fourth-order valence-electron chi connectivity index (χ4n) is 8.38. The molecule has 0 fully saturated rings. The van der Waals surface area contributed by atoms with Crippen LogP contribution in [0, 0.1) is 0 Å². The van der Waals surface area contributed by atoms with E-state index in [1.165, 1.54) is 71.3 Å². The zero-order chi connectivity index (χ0) is 33.5. The molecule has 0 amide bonds. The van der Waals surface area contributed by atoms with Gasteiger partial charge < -0.3 is 13.7 Å². The Bertz CT molecular complexity index is 3050. The Morgan fingerprint density at radius 1 is 0.333 bits per heavy atom. The van der Waals surface area contributed by atoms with Gasteiger partial charge in [0.1, 0.15) is 0 Å². The Balaban J connectivity index is 1.12. The molecule has 0 bridgehead atoms. The maximum absolute atomic E-state index is 4.46. The van der Waals surface area contributed by atoms with Crippen LogP contribution in [0.3, 0.4) is 0 Å². The van der Waals surface area contributed by atoms with Crippen molar-refractivity contribution in [2.24, 2.45) is 0 Å². The minimum atomic E-state index is 1.13. The number of fused-ring (bicyclic) bond motifs is 9. The second-order valence-electron chi connectivity index (χ2n) is 13.2. The molecule has 0 atom stereocenters. The highest BCUT2D eigenvalue weighted by Crippen LogP contribution is 2.39. The Hall–Kier alpha value is -6.91. The van der Waals surface area contributed by atoms with Gasteiger partial charge in [-0.05, 0) is 72.3 Å². The van der Waals surface area contributed by atoms with Crippen molar-refractivity contribution < 1.29 is 0 Å². The monoisotopic (exact) mass is 650 g/mol. The molecular formula is C47H30N4. The van der Waals surface area contributed by atoms with Crippen LogP contribution in [0.4, 0.5) is 0 Å². The highest BCUT2D eigenvalue weighted by Gasteiger charge is 2.18. The minimum Gasteiger partial charge on any atom is -0.309 e. The summed E-state index contributed by atoms with van der Waals surface area (Å²) in [5.41, 5.74) is 12.9. The second-order valence-corrected chi connectivity index (χ2v) is 13.2. The van der Waals surface area contributed by atoms with E-state index in [0.29, 0.717) is 0 Å². The van der Waals surface area contributed by atoms with E-state index in [1.807, 2.05) is 12.4 Å². The van der Waals surface area contributed by atoms with Crippen LogP contribution in [0.15, 0.2) is 182 Å². The smallest absolute Gasteiger partial charge is 0.0571 e. The summed E-state index contributed by atoms with van der Waals surface area (Å²) >= 11 is 0. The van der Waals surface area contributed by atoms with Crippen LogP contribution in [-0.4, -0.2) is 18.7 Å². The average Bonchev–Trinajstić information content (AvgIpc) is 3.84. The van der Waals surface area contributed by atoms with Gasteiger partial charge in [-0.1, -0.05) is 103 Å². The molecule has 238 valence electrons. The van der Waals surface area contributed by atoms with E-state index in [9.17, 15) is 0 Å². The first-order valence-electron chi connectivity index (χ1n) is 17.4. The van der Waals surface area contributed by atoms with E-state index < -0.39 is 0 Å². The molecule has 51 heavy (non-hydrogen) atoms. The van der Waals surface area contributed by atoms with Gasteiger partial charge in [0.15, 0.2) is 0 Å². The molecule has 0 aliphatic rings. The molecule has 0 aliphatic heterocycles. The lowest BCUT2D eigenvalue weighted by Crippen LogP contribution is -1.98. The van der Waals surface area contributed by atoms with Gasteiger partial charge in [-0.15, -0.1) is 0 Å². The van der Waals surface area contributed by atoms with Crippen molar-refractivity contribution in [3.8, 4) is 28.2 Å². The van der Waals surface area contributed by atoms with Crippen LogP contribution >= 0.6 is 0 Å². The topological polar surface area (TPSA) is 27.7 Å². The Kier molecular flexibility index (Phi) is 5.92. The molecule has 0 unspecified atom stereocenters. The molecule has 0 aliphatic carbocycles. The first-order valence-corrected chi connectivity index (χ1v) is 17.4. The van der Waals surface area contributed by atoms with Crippen molar-refractivity contribution in [1.82, 2.24) is 18.7 Å². The summed E-state index contributed by atoms with van der Waals surface area (Å²) in [7, 11) is 0. The Morgan fingerprint density at radius 2 is 0.843 bits per heavy atom. The van der Waals surface area contributed by atoms with Crippen LogP contribution in [-0.2, 0) is 0 Å². The van der Waals surface area contributed by atoms with E-state index >= 15 is 0 Å². The molecule has 7 aromatic carbocycles. The summed E-state index contributed by atoms with van der Waals surface area (Å²) in [4.78, 5) is 4.46. The maximum Gasteiger partial charge on any atom is 0.0571 e. The number of hydrogen-bond acceptors (Lipinski definition) is 1. The van der Waals surface area contributed by atoms with Crippen molar-refractivity contribution in [3.05, 3.63) is 182 Å². The number of aromatic nitrogens is 4. The standard InChI is InChI=1S/C47H30N4/c1-6-19-41(51-44-22-9-2-15-35(44)36-16-3-10-23-45(36)51)34(14-1)31-12-11-13-32(28-31)49-42-20-7-4-17-37(42)39-29-33(24-25-46(39)49)50-43-21-8-5-18-38(43)40-30-48-27-26-47(40)50/h1-30H. The third-order valence-corrected chi connectivity index (χ3v) is 10.5. The molecule has 0 N–H and O–H groups in total. The summed E-state index contributed by atoms with van der Waals surface area (Å²) in [5.74, 6) is 0. The van der Waals surface area contributed by atoms with Gasteiger partial charge in [0.25, 0.3) is 0 Å².